The van der Waals surface area contributed by atoms with Crippen LogP contribution in [0.15, 0.2) is 83.3 Å². The van der Waals surface area contributed by atoms with E-state index in [1.165, 1.54) is 0 Å². The van der Waals surface area contributed by atoms with Crippen LogP contribution in [0.25, 0.3) is 0 Å². The lowest BCUT2D eigenvalue weighted by molar-refractivity contribution is -0.127. The van der Waals surface area contributed by atoms with Crippen LogP contribution in [0, 0.1) is 11.8 Å². The summed E-state index contributed by atoms with van der Waals surface area (Å²) < 4.78 is 7.08. The van der Waals surface area contributed by atoms with Crippen LogP contribution in [-0.2, 0) is 14.3 Å². The molecule has 2 aliphatic heterocycles. The summed E-state index contributed by atoms with van der Waals surface area (Å²) >= 11 is 3.39. The number of benzene rings is 3. The molecule has 2 fully saturated rings. The lowest BCUT2D eigenvalue weighted by atomic mass is 9.77. The molecular weight excluding hydrogens is 486 g/mol. The lowest BCUT2D eigenvalue weighted by Crippen LogP contribution is -2.51. The molecule has 3 aliphatic rings. The fourth-order valence-electron chi connectivity index (χ4n) is 5.30. The topological polar surface area (TPSA) is 80.8 Å². The van der Waals surface area contributed by atoms with E-state index < -0.39 is 46.9 Å². The van der Waals surface area contributed by atoms with Crippen molar-refractivity contribution in [1.29, 1.82) is 0 Å². The van der Waals surface area contributed by atoms with Gasteiger partial charge in [0.15, 0.2) is 0 Å². The van der Waals surface area contributed by atoms with Gasteiger partial charge in [-0.3, -0.25) is 19.2 Å². The van der Waals surface area contributed by atoms with Crippen molar-refractivity contribution < 1.29 is 23.9 Å². The Hall–Kier alpha value is -3.42. The molecule has 3 atom stereocenters. The van der Waals surface area contributed by atoms with E-state index in [9.17, 15) is 19.2 Å². The SMILES string of the molecule is O=C1[C@@H]2[C@H](c3ccc(Br)cc3)OC3(C(=O)c4ccccc4C3=O)[C@H]2C(=O)N1c1ccccc1. The Bertz CT molecular complexity index is 1320. The first kappa shape index (κ1) is 20.2. The Morgan fingerprint density at radius 2 is 1.30 bits per heavy atom. The highest BCUT2D eigenvalue weighted by atomic mass is 79.9. The molecule has 2 saturated heterocycles. The summed E-state index contributed by atoms with van der Waals surface area (Å²) in [6.45, 7) is 0. The molecule has 0 aromatic heterocycles. The third-order valence-corrected chi connectivity index (χ3v) is 7.26. The molecule has 162 valence electrons. The maximum atomic E-state index is 13.7. The Morgan fingerprint density at radius 3 is 1.91 bits per heavy atom. The second-order valence-electron chi connectivity index (χ2n) is 8.38. The van der Waals surface area contributed by atoms with E-state index in [1.54, 1.807) is 78.9 Å². The number of imide groups is 1. The van der Waals surface area contributed by atoms with Crippen LogP contribution in [0.5, 0.6) is 0 Å². The van der Waals surface area contributed by atoms with Gasteiger partial charge in [-0.2, -0.15) is 0 Å². The van der Waals surface area contributed by atoms with Crippen LogP contribution < -0.4 is 4.90 Å². The molecule has 0 saturated carbocycles. The van der Waals surface area contributed by atoms with Crippen molar-refractivity contribution in [2.24, 2.45) is 11.8 Å². The van der Waals surface area contributed by atoms with Crippen LogP contribution in [0.2, 0.25) is 0 Å². The van der Waals surface area contributed by atoms with Crippen molar-refractivity contribution >= 4 is 45.0 Å². The number of nitrogens with zero attached hydrogens (tertiary/aromatic N) is 1. The average Bonchev–Trinajstić information content (AvgIpc) is 3.40. The van der Waals surface area contributed by atoms with Crippen LogP contribution in [0.3, 0.4) is 0 Å². The van der Waals surface area contributed by atoms with Crippen LogP contribution in [0.4, 0.5) is 5.69 Å². The van der Waals surface area contributed by atoms with Crippen molar-refractivity contribution in [1.82, 2.24) is 0 Å². The number of ether oxygens (including phenoxy) is 1. The summed E-state index contributed by atoms with van der Waals surface area (Å²) in [4.78, 5) is 55.8. The minimum absolute atomic E-state index is 0.219. The third-order valence-electron chi connectivity index (χ3n) is 6.73. The quantitative estimate of drug-likeness (QED) is 0.389. The van der Waals surface area contributed by atoms with Gasteiger partial charge in [0, 0.05) is 15.6 Å². The van der Waals surface area contributed by atoms with E-state index in [-0.39, 0.29) is 11.1 Å². The summed E-state index contributed by atoms with van der Waals surface area (Å²) in [5.41, 5.74) is -0.588. The van der Waals surface area contributed by atoms with Crippen molar-refractivity contribution in [3.8, 4) is 0 Å². The summed E-state index contributed by atoms with van der Waals surface area (Å²) in [5, 5.41) is 0. The number of hydrogen-bond acceptors (Lipinski definition) is 5. The van der Waals surface area contributed by atoms with Gasteiger partial charge in [0.25, 0.3) is 0 Å². The monoisotopic (exact) mass is 501 g/mol. The molecule has 33 heavy (non-hydrogen) atoms. The maximum Gasteiger partial charge on any atom is 0.241 e. The molecule has 2 amide bonds. The first-order valence-electron chi connectivity index (χ1n) is 10.5. The Balaban J connectivity index is 1.55. The predicted octanol–water partition coefficient (Wildman–Crippen LogP) is 4.14. The lowest BCUT2D eigenvalue weighted by Gasteiger charge is -2.27. The zero-order valence-electron chi connectivity index (χ0n) is 17.1. The zero-order chi connectivity index (χ0) is 22.9. The van der Waals surface area contributed by atoms with E-state index in [1.807, 2.05) is 0 Å². The third kappa shape index (κ3) is 2.57. The Morgan fingerprint density at radius 1 is 0.727 bits per heavy atom. The minimum Gasteiger partial charge on any atom is -0.349 e. The molecule has 0 unspecified atom stereocenters. The van der Waals surface area contributed by atoms with Crippen molar-refractivity contribution in [3.63, 3.8) is 0 Å². The molecule has 7 heteroatoms. The highest BCUT2D eigenvalue weighted by molar-refractivity contribution is 9.10. The van der Waals surface area contributed by atoms with E-state index in [0.29, 0.717) is 11.3 Å². The van der Waals surface area contributed by atoms with Crippen molar-refractivity contribution in [2.75, 3.05) is 4.90 Å². The number of Topliss-reactive ketones (excluding diaryl/α,β-unsaturated/α-hetero) is 2. The van der Waals surface area contributed by atoms with Gasteiger partial charge in [0.1, 0.15) is 0 Å². The van der Waals surface area contributed by atoms with Crippen LogP contribution >= 0.6 is 15.9 Å². The number of amides is 2. The van der Waals surface area contributed by atoms with E-state index in [0.717, 1.165) is 9.37 Å². The van der Waals surface area contributed by atoms with E-state index in [4.69, 9.17) is 4.74 Å². The van der Waals surface area contributed by atoms with Crippen molar-refractivity contribution in [2.45, 2.75) is 11.7 Å². The average molecular weight is 502 g/mol. The Labute approximate surface area is 197 Å². The van der Waals surface area contributed by atoms with E-state index >= 15 is 0 Å². The van der Waals surface area contributed by atoms with Gasteiger partial charge in [-0.05, 0) is 29.8 Å². The fraction of sp³-hybridized carbons (Fsp3) is 0.154. The number of anilines is 1. The normalized spacial score (nSPS) is 25.1. The first-order chi connectivity index (χ1) is 15.9. The standard InChI is InChI=1S/C26H16BrNO5/c27-15-12-10-14(11-13-15)21-19-20(25(32)28(24(19)31)16-6-2-1-3-7-16)26(33-21)22(29)17-8-4-5-9-18(17)23(26)30/h1-13,19-21H/t19-,20+,21-/m0/s1. The molecule has 0 radical (unpaired) electrons. The maximum absolute atomic E-state index is 13.7. The van der Waals surface area contributed by atoms with Gasteiger partial charge in [-0.1, -0.05) is 70.5 Å². The number of hydrogen-bond donors (Lipinski definition) is 0. The summed E-state index contributed by atoms with van der Waals surface area (Å²) in [6, 6.07) is 22.1. The Kier molecular flexibility index (Phi) is 4.31. The number of rotatable bonds is 2. The fourth-order valence-corrected chi connectivity index (χ4v) is 5.57. The summed E-state index contributed by atoms with van der Waals surface area (Å²) in [5.74, 6) is -4.43. The molecule has 6 nitrogen and oxygen atoms in total. The minimum atomic E-state index is -2.05. The van der Waals surface area contributed by atoms with Crippen molar-refractivity contribution in [3.05, 3.63) is 100 Å². The molecule has 0 N–H and O–H groups in total. The molecular formula is C26H16BrNO5. The van der Waals surface area contributed by atoms with Gasteiger partial charge < -0.3 is 4.74 Å². The molecule has 1 spiro atoms. The van der Waals surface area contributed by atoms with Crippen LogP contribution in [0.1, 0.15) is 32.4 Å². The number of para-hydroxylation sites is 1. The number of fused-ring (bicyclic) bond motifs is 3. The smallest absolute Gasteiger partial charge is 0.241 e. The summed E-state index contributed by atoms with van der Waals surface area (Å²) in [6.07, 6.45) is -0.921. The number of carbonyl (C=O) groups is 4. The number of ketones is 2. The summed E-state index contributed by atoms with van der Waals surface area (Å²) in [7, 11) is 0. The highest BCUT2D eigenvalue weighted by Crippen LogP contribution is 2.57. The molecule has 2 heterocycles. The van der Waals surface area contributed by atoms with Crippen LogP contribution in [-0.4, -0.2) is 29.0 Å². The highest BCUT2D eigenvalue weighted by Gasteiger charge is 2.74. The molecule has 3 aromatic carbocycles. The molecule has 1 aliphatic carbocycles. The first-order valence-corrected chi connectivity index (χ1v) is 11.3. The predicted molar refractivity (Wildman–Crippen MR) is 122 cm³/mol. The molecule has 0 bridgehead atoms. The van der Waals surface area contributed by atoms with Gasteiger partial charge in [-0.25, -0.2) is 4.90 Å². The number of carbonyl (C=O) groups excluding carboxylic acids is 4. The number of halogens is 1. The molecule has 6 rings (SSSR count). The van der Waals surface area contributed by atoms with Gasteiger partial charge >= 0.3 is 0 Å². The zero-order valence-corrected chi connectivity index (χ0v) is 18.7. The van der Waals surface area contributed by atoms with Gasteiger partial charge in [0.2, 0.25) is 29.0 Å². The second-order valence-corrected chi connectivity index (χ2v) is 9.30. The largest absolute Gasteiger partial charge is 0.349 e. The van der Waals surface area contributed by atoms with Gasteiger partial charge in [-0.15, -0.1) is 0 Å². The molecule has 3 aromatic rings. The van der Waals surface area contributed by atoms with E-state index in [2.05, 4.69) is 15.9 Å². The van der Waals surface area contributed by atoms with Gasteiger partial charge in [0.05, 0.1) is 23.6 Å². The second kappa shape index (κ2) is 7.04.